The van der Waals surface area contributed by atoms with Crippen molar-refractivity contribution < 1.29 is 15.0 Å². The maximum atomic E-state index is 11.2. The Morgan fingerprint density at radius 3 is 2.47 bits per heavy atom. The molecule has 0 bridgehead atoms. The molecule has 1 aromatic carbocycles. The molecule has 17 heavy (non-hydrogen) atoms. The molecule has 1 rings (SSSR count). The molecule has 4 heteroatoms. The summed E-state index contributed by atoms with van der Waals surface area (Å²) in [5.74, 6) is -1.06. The average molecular weight is 346 g/mol. The zero-order chi connectivity index (χ0) is 13.0. The Kier molecular flexibility index (Phi) is 5.14. The molecule has 1 aromatic rings. The molecule has 0 saturated carbocycles. The standard InChI is InChI=1S/C13H15IO3/c1-3-10(14)11(13(16)17)12(15)9-7-5-4-6-8(9)2/h4-7,12,15H,3H2,1-2H3,(H,16,17). The number of aliphatic carboxylic acids is 1. The van der Waals surface area contributed by atoms with Crippen LogP contribution < -0.4 is 0 Å². The zero-order valence-corrected chi connectivity index (χ0v) is 11.9. The van der Waals surface area contributed by atoms with Gasteiger partial charge in [-0.15, -0.1) is 0 Å². The maximum Gasteiger partial charge on any atom is 0.335 e. The van der Waals surface area contributed by atoms with Gasteiger partial charge in [-0.3, -0.25) is 0 Å². The van der Waals surface area contributed by atoms with Crippen LogP contribution in [0, 0.1) is 6.92 Å². The third-order valence-electron chi connectivity index (χ3n) is 2.59. The van der Waals surface area contributed by atoms with E-state index in [2.05, 4.69) is 0 Å². The van der Waals surface area contributed by atoms with E-state index in [4.69, 9.17) is 0 Å². The normalized spacial score (nSPS) is 14.1. The molecule has 0 aliphatic rings. The fourth-order valence-electron chi connectivity index (χ4n) is 1.62. The van der Waals surface area contributed by atoms with Crippen LogP contribution in [0.15, 0.2) is 33.4 Å². The van der Waals surface area contributed by atoms with Gasteiger partial charge in [0, 0.05) is 3.58 Å². The van der Waals surface area contributed by atoms with Crippen molar-refractivity contribution in [2.45, 2.75) is 26.4 Å². The monoisotopic (exact) mass is 346 g/mol. The molecule has 3 nitrogen and oxygen atoms in total. The Morgan fingerprint density at radius 1 is 1.41 bits per heavy atom. The van der Waals surface area contributed by atoms with Gasteiger partial charge in [-0.25, -0.2) is 4.79 Å². The van der Waals surface area contributed by atoms with Crippen LogP contribution in [0.4, 0.5) is 0 Å². The number of aliphatic hydroxyl groups excluding tert-OH is 1. The molecule has 0 radical (unpaired) electrons. The predicted molar refractivity (Wildman–Crippen MR) is 75.1 cm³/mol. The molecule has 1 atom stereocenters. The molecule has 0 aliphatic heterocycles. The summed E-state index contributed by atoms with van der Waals surface area (Å²) >= 11 is 1.98. The van der Waals surface area contributed by atoms with Gasteiger partial charge in [0.05, 0.1) is 5.57 Å². The first kappa shape index (κ1) is 14.2. The highest BCUT2D eigenvalue weighted by Gasteiger charge is 2.23. The molecule has 2 N–H and O–H groups in total. The number of hydrogen-bond acceptors (Lipinski definition) is 2. The summed E-state index contributed by atoms with van der Waals surface area (Å²) in [6.07, 6.45) is -0.467. The zero-order valence-electron chi connectivity index (χ0n) is 9.77. The number of halogens is 1. The van der Waals surface area contributed by atoms with Crippen molar-refractivity contribution in [3.8, 4) is 0 Å². The molecule has 0 spiro atoms. The van der Waals surface area contributed by atoms with Crippen LogP contribution in [0.5, 0.6) is 0 Å². The highest BCUT2D eigenvalue weighted by atomic mass is 127. The molecule has 0 fully saturated rings. The van der Waals surface area contributed by atoms with Gasteiger partial charge in [-0.2, -0.15) is 0 Å². The molecule has 0 aliphatic carbocycles. The third-order valence-corrected chi connectivity index (χ3v) is 3.93. The number of carboxylic acid groups (broad SMARTS) is 1. The summed E-state index contributed by atoms with van der Waals surface area (Å²) in [4.78, 5) is 11.2. The molecule has 0 aromatic heterocycles. The van der Waals surface area contributed by atoms with Gasteiger partial charge in [-0.1, -0.05) is 31.2 Å². The van der Waals surface area contributed by atoms with Gasteiger partial charge in [0.25, 0.3) is 0 Å². The minimum atomic E-state index is -1.07. The van der Waals surface area contributed by atoms with E-state index < -0.39 is 12.1 Å². The van der Waals surface area contributed by atoms with Crippen molar-refractivity contribution >= 4 is 28.6 Å². The van der Waals surface area contributed by atoms with Crippen molar-refractivity contribution in [1.82, 2.24) is 0 Å². The number of hydrogen-bond donors (Lipinski definition) is 2. The van der Waals surface area contributed by atoms with Crippen LogP contribution in [0.1, 0.15) is 30.6 Å². The van der Waals surface area contributed by atoms with Crippen molar-refractivity contribution in [1.29, 1.82) is 0 Å². The Hall–Kier alpha value is -0.880. The Balaban J connectivity index is 3.23. The Bertz CT molecular complexity index is 452. The van der Waals surface area contributed by atoms with Crippen LogP contribution in [0.2, 0.25) is 0 Å². The molecule has 92 valence electrons. The number of aliphatic hydroxyl groups is 1. The SMILES string of the molecule is CCC(I)=C(C(=O)O)C(O)c1ccccc1C. The molecular weight excluding hydrogens is 331 g/mol. The smallest absolute Gasteiger partial charge is 0.335 e. The summed E-state index contributed by atoms with van der Waals surface area (Å²) in [6, 6.07) is 7.27. The van der Waals surface area contributed by atoms with E-state index in [-0.39, 0.29) is 5.57 Å². The first-order valence-electron chi connectivity index (χ1n) is 5.34. The summed E-state index contributed by atoms with van der Waals surface area (Å²) < 4.78 is 0.672. The maximum absolute atomic E-state index is 11.2. The summed E-state index contributed by atoms with van der Waals surface area (Å²) in [6.45, 7) is 3.73. The minimum absolute atomic E-state index is 0.0717. The van der Waals surface area contributed by atoms with E-state index in [1.807, 2.05) is 48.6 Å². The van der Waals surface area contributed by atoms with E-state index in [0.29, 0.717) is 15.6 Å². The fourth-order valence-corrected chi connectivity index (χ4v) is 2.15. The number of carboxylic acids is 1. The molecule has 1 unspecified atom stereocenters. The Morgan fingerprint density at radius 2 is 2.00 bits per heavy atom. The number of carbonyl (C=O) groups is 1. The lowest BCUT2D eigenvalue weighted by Crippen LogP contribution is -2.13. The van der Waals surface area contributed by atoms with Crippen LogP contribution in [-0.2, 0) is 4.79 Å². The summed E-state index contributed by atoms with van der Waals surface area (Å²) in [5, 5.41) is 19.4. The quantitative estimate of drug-likeness (QED) is 0.650. The second-order valence-corrected chi connectivity index (χ2v) is 5.04. The molecule has 0 amide bonds. The first-order chi connectivity index (χ1) is 7.99. The lowest BCUT2D eigenvalue weighted by atomic mass is 9.97. The van der Waals surface area contributed by atoms with Gasteiger partial charge in [-0.05, 0) is 47.1 Å². The van der Waals surface area contributed by atoms with Crippen molar-refractivity contribution in [2.24, 2.45) is 0 Å². The highest BCUT2D eigenvalue weighted by Crippen LogP contribution is 2.30. The number of rotatable bonds is 4. The fraction of sp³-hybridized carbons (Fsp3) is 0.308. The van der Waals surface area contributed by atoms with Crippen LogP contribution in [0.3, 0.4) is 0 Å². The number of aryl methyl sites for hydroxylation is 1. The molecule has 0 heterocycles. The van der Waals surface area contributed by atoms with E-state index in [9.17, 15) is 15.0 Å². The van der Waals surface area contributed by atoms with Gasteiger partial charge >= 0.3 is 5.97 Å². The average Bonchev–Trinajstić information content (AvgIpc) is 2.28. The largest absolute Gasteiger partial charge is 0.478 e. The summed E-state index contributed by atoms with van der Waals surface area (Å²) in [7, 11) is 0. The van der Waals surface area contributed by atoms with Crippen LogP contribution in [-0.4, -0.2) is 16.2 Å². The number of allylic oxidation sites excluding steroid dienone is 1. The van der Waals surface area contributed by atoms with E-state index in [0.717, 1.165) is 5.56 Å². The Labute approximate surface area is 114 Å². The van der Waals surface area contributed by atoms with Crippen LogP contribution >= 0.6 is 22.6 Å². The lowest BCUT2D eigenvalue weighted by Gasteiger charge is -2.16. The van der Waals surface area contributed by atoms with Crippen molar-refractivity contribution in [3.05, 3.63) is 44.5 Å². The van der Waals surface area contributed by atoms with Crippen molar-refractivity contribution in [3.63, 3.8) is 0 Å². The molecular formula is C13H15IO3. The van der Waals surface area contributed by atoms with Crippen LogP contribution in [0.25, 0.3) is 0 Å². The minimum Gasteiger partial charge on any atom is -0.478 e. The van der Waals surface area contributed by atoms with E-state index in [1.54, 1.807) is 12.1 Å². The topological polar surface area (TPSA) is 57.5 Å². The second kappa shape index (κ2) is 6.16. The molecule has 0 saturated heterocycles. The van der Waals surface area contributed by atoms with Gasteiger partial charge in [0.15, 0.2) is 0 Å². The number of benzene rings is 1. The van der Waals surface area contributed by atoms with E-state index >= 15 is 0 Å². The van der Waals surface area contributed by atoms with Crippen molar-refractivity contribution in [2.75, 3.05) is 0 Å². The van der Waals surface area contributed by atoms with Gasteiger partial charge in [0.1, 0.15) is 6.10 Å². The van der Waals surface area contributed by atoms with E-state index in [1.165, 1.54) is 0 Å². The second-order valence-electron chi connectivity index (χ2n) is 3.74. The summed E-state index contributed by atoms with van der Waals surface area (Å²) in [5.41, 5.74) is 1.61. The lowest BCUT2D eigenvalue weighted by molar-refractivity contribution is -0.133. The third kappa shape index (κ3) is 3.29. The first-order valence-corrected chi connectivity index (χ1v) is 6.42. The van der Waals surface area contributed by atoms with Gasteiger partial charge < -0.3 is 10.2 Å². The predicted octanol–water partition coefficient (Wildman–Crippen LogP) is 3.21. The van der Waals surface area contributed by atoms with Gasteiger partial charge in [0.2, 0.25) is 0 Å². The highest BCUT2D eigenvalue weighted by molar-refractivity contribution is 14.1.